The Hall–Kier alpha value is -1.66. The van der Waals surface area contributed by atoms with E-state index in [0.717, 1.165) is 63.0 Å². The van der Waals surface area contributed by atoms with Gasteiger partial charge in [0, 0.05) is 18.0 Å². The van der Waals surface area contributed by atoms with Crippen molar-refractivity contribution in [2.24, 2.45) is 5.92 Å². The molecule has 1 aliphatic carbocycles. The maximum Gasteiger partial charge on any atom is 0.224 e. The molecule has 2 heterocycles. The molecule has 4 rings (SSSR count). The molecule has 0 spiro atoms. The molecule has 152 valence electrons. The number of hydrogen-bond donors (Lipinski definition) is 2. The summed E-state index contributed by atoms with van der Waals surface area (Å²) in [5.41, 5.74) is 0.917. The predicted octanol–water partition coefficient (Wildman–Crippen LogP) is 4.29. The lowest BCUT2D eigenvalue weighted by Crippen LogP contribution is -2.49. The lowest BCUT2D eigenvalue weighted by molar-refractivity contribution is -0.128. The van der Waals surface area contributed by atoms with Crippen molar-refractivity contribution in [3.05, 3.63) is 28.8 Å². The van der Waals surface area contributed by atoms with Gasteiger partial charge >= 0.3 is 0 Å². The van der Waals surface area contributed by atoms with Crippen LogP contribution in [0.15, 0.2) is 12.1 Å². The number of aromatic nitrogens is 2. The second-order valence-electron chi connectivity index (χ2n) is 8.46. The number of rotatable bonds is 4. The van der Waals surface area contributed by atoms with Gasteiger partial charge in [-0.25, -0.2) is 9.37 Å². The Kier molecular flexibility index (Phi) is 5.36. The van der Waals surface area contributed by atoms with Gasteiger partial charge in [0.25, 0.3) is 0 Å². The van der Waals surface area contributed by atoms with Crippen molar-refractivity contribution in [3.63, 3.8) is 0 Å². The fourth-order valence-electron chi connectivity index (χ4n) is 4.76. The Bertz CT molecular complexity index is 882. The minimum atomic E-state index is -0.492. The summed E-state index contributed by atoms with van der Waals surface area (Å²) in [5.74, 6) is 0.532. The van der Waals surface area contributed by atoms with Crippen molar-refractivity contribution >= 4 is 28.5 Å². The summed E-state index contributed by atoms with van der Waals surface area (Å²) in [4.78, 5) is 17.9. The largest absolute Gasteiger partial charge is 0.343 e. The second-order valence-corrected chi connectivity index (χ2v) is 8.86. The van der Waals surface area contributed by atoms with Crippen LogP contribution in [0.1, 0.15) is 64.2 Å². The van der Waals surface area contributed by atoms with Gasteiger partial charge in [-0.2, -0.15) is 0 Å². The topological polar surface area (TPSA) is 59.0 Å². The van der Waals surface area contributed by atoms with E-state index in [0.29, 0.717) is 5.52 Å². The summed E-state index contributed by atoms with van der Waals surface area (Å²) in [6.07, 6.45) is 5.53. The van der Waals surface area contributed by atoms with Crippen LogP contribution in [0.2, 0.25) is 5.02 Å². The molecule has 1 aromatic carbocycles. The van der Waals surface area contributed by atoms with E-state index in [1.54, 1.807) is 6.07 Å². The average Bonchev–Trinajstić information content (AvgIpc) is 3.28. The number of fused-ring (bicyclic) bond motifs is 1. The molecule has 2 N–H and O–H groups in total. The quantitative estimate of drug-likeness (QED) is 0.796. The van der Waals surface area contributed by atoms with E-state index in [1.807, 2.05) is 0 Å². The van der Waals surface area contributed by atoms with Crippen LogP contribution in [-0.4, -0.2) is 28.5 Å². The highest BCUT2D eigenvalue weighted by Gasteiger charge is 2.43. The van der Waals surface area contributed by atoms with Crippen LogP contribution in [0.3, 0.4) is 0 Å². The van der Waals surface area contributed by atoms with Crippen molar-refractivity contribution < 1.29 is 9.18 Å². The van der Waals surface area contributed by atoms with Crippen LogP contribution in [0.4, 0.5) is 4.39 Å². The fraction of sp³-hybridized carbons (Fsp3) is 0.619. The first-order valence-corrected chi connectivity index (χ1v) is 10.7. The molecule has 1 saturated carbocycles. The molecule has 28 heavy (non-hydrogen) atoms. The SMILES string of the molecule is CC(C)n1c(C2(NC(=O)C3CCNCC3)CCCC2)nc2cc(F)c(Cl)cc21. The molecule has 7 heteroatoms. The lowest BCUT2D eigenvalue weighted by Gasteiger charge is -2.34. The maximum atomic E-state index is 14.1. The Morgan fingerprint density at radius 1 is 1.32 bits per heavy atom. The number of imidazole rings is 1. The summed E-state index contributed by atoms with van der Waals surface area (Å²) >= 11 is 6.06. The second kappa shape index (κ2) is 7.64. The molecule has 1 amide bonds. The molecule has 0 unspecified atom stereocenters. The first-order valence-electron chi connectivity index (χ1n) is 10.3. The van der Waals surface area contributed by atoms with Gasteiger partial charge < -0.3 is 15.2 Å². The minimum Gasteiger partial charge on any atom is -0.343 e. The Labute approximate surface area is 170 Å². The van der Waals surface area contributed by atoms with Crippen molar-refractivity contribution in [3.8, 4) is 0 Å². The number of hydrogen-bond acceptors (Lipinski definition) is 3. The third kappa shape index (κ3) is 3.41. The van der Waals surface area contributed by atoms with Gasteiger partial charge in [0.1, 0.15) is 11.6 Å². The molecule has 5 nitrogen and oxygen atoms in total. The van der Waals surface area contributed by atoms with E-state index in [4.69, 9.17) is 16.6 Å². The molecule has 2 aromatic rings. The van der Waals surface area contributed by atoms with Gasteiger partial charge in [0.05, 0.1) is 21.6 Å². The number of nitrogens with zero attached hydrogens (tertiary/aromatic N) is 2. The zero-order chi connectivity index (χ0) is 19.9. The maximum absolute atomic E-state index is 14.1. The highest BCUT2D eigenvalue weighted by molar-refractivity contribution is 6.31. The first-order chi connectivity index (χ1) is 13.4. The summed E-state index contributed by atoms with van der Waals surface area (Å²) in [5, 5.41) is 6.80. The first kappa shape index (κ1) is 19.6. The molecule has 1 aromatic heterocycles. The molecule has 1 aliphatic heterocycles. The van der Waals surface area contributed by atoms with Crippen molar-refractivity contribution in [1.29, 1.82) is 0 Å². The van der Waals surface area contributed by atoms with Crippen molar-refractivity contribution in [1.82, 2.24) is 20.2 Å². The predicted molar refractivity (Wildman–Crippen MR) is 109 cm³/mol. The van der Waals surface area contributed by atoms with Crippen LogP contribution in [0, 0.1) is 11.7 Å². The normalized spacial score (nSPS) is 20.2. The van der Waals surface area contributed by atoms with Crippen LogP contribution in [0.25, 0.3) is 11.0 Å². The van der Waals surface area contributed by atoms with Gasteiger partial charge in [-0.3, -0.25) is 4.79 Å². The van der Waals surface area contributed by atoms with Gasteiger partial charge in [-0.1, -0.05) is 24.4 Å². The molecule has 2 fully saturated rings. The zero-order valence-electron chi connectivity index (χ0n) is 16.5. The average molecular weight is 407 g/mol. The van der Waals surface area contributed by atoms with Crippen LogP contribution in [-0.2, 0) is 10.3 Å². The summed E-state index contributed by atoms with van der Waals surface area (Å²) in [6, 6.07) is 3.17. The Morgan fingerprint density at radius 2 is 2.00 bits per heavy atom. The summed E-state index contributed by atoms with van der Waals surface area (Å²) < 4.78 is 16.2. The van der Waals surface area contributed by atoms with Crippen LogP contribution in [0.5, 0.6) is 0 Å². The number of nitrogens with one attached hydrogen (secondary N) is 2. The molecular formula is C21H28ClFN4O. The van der Waals surface area contributed by atoms with E-state index < -0.39 is 11.4 Å². The molecule has 0 atom stereocenters. The Balaban J connectivity index is 1.78. The summed E-state index contributed by atoms with van der Waals surface area (Å²) in [6.45, 7) is 5.93. The minimum absolute atomic E-state index is 0.0440. The Morgan fingerprint density at radius 3 is 2.64 bits per heavy atom. The number of piperidine rings is 1. The van der Waals surface area contributed by atoms with Crippen molar-refractivity contribution in [2.75, 3.05) is 13.1 Å². The number of carbonyl (C=O) groups excluding carboxylic acids is 1. The molecule has 1 saturated heterocycles. The van der Waals surface area contributed by atoms with E-state index in [-0.39, 0.29) is 22.9 Å². The zero-order valence-corrected chi connectivity index (χ0v) is 17.3. The van der Waals surface area contributed by atoms with Gasteiger partial charge in [0.2, 0.25) is 5.91 Å². The number of halogens is 2. The van der Waals surface area contributed by atoms with Gasteiger partial charge in [-0.05, 0) is 58.7 Å². The monoisotopic (exact) mass is 406 g/mol. The fourth-order valence-corrected chi connectivity index (χ4v) is 4.91. The molecule has 0 bridgehead atoms. The van der Waals surface area contributed by atoms with Crippen LogP contribution < -0.4 is 10.6 Å². The third-order valence-electron chi connectivity index (χ3n) is 6.21. The smallest absolute Gasteiger partial charge is 0.224 e. The molecular weight excluding hydrogens is 379 g/mol. The number of amides is 1. The highest BCUT2D eigenvalue weighted by atomic mass is 35.5. The van der Waals surface area contributed by atoms with Crippen LogP contribution >= 0.6 is 11.6 Å². The standard InChI is InChI=1S/C21H28ClFN4O/c1-13(2)27-18-11-15(22)16(23)12-17(18)25-20(27)21(7-3-4-8-21)26-19(28)14-5-9-24-10-6-14/h11-14,24H,3-10H2,1-2H3,(H,26,28). The number of carbonyl (C=O) groups is 1. The summed E-state index contributed by atoms with van der Waals surface area (Å²) in [7, 11) is 0. The van der Waals surface area contributed by atoms with E-state index in [2.05, 4.69) is 29.0 Å². The molecule has 2 aliphatic rings. The molecule has 0 radical (unpaired) electrons. The van der Waals surface area contributed by atoms with Gasteiger partial charge in [-0.15, -0.1) is 0 Å². The van der Waals surface area contributed by atoms with E-state index in [9.17, 15) is 9.18 Å². The van der Waals surface area contributed by atoms with E-state index in [1.165, 1.54) is 6.07 Å². The number of benzene rings is 1. The third-order valence-corrected chi connectivity index (χ3v) is 6.50. The highest BCUT2D eigenvalue weighted by Crippen LogP contribution is 2.41. The lowest BCUT2D eigenvalue weighted by atomic mass is 9.91. The van der Waals surface area contributed by atoms with Gasteiger partial charge in [0.15, 0.2) is 0 Å². The van der Waals surface area contributed by atoms with E-state index >= 15 is 0 Å². The van der Waals surface area contributed by atoms with Crippen molar-refractivity contribution in [2.45, 2.75) is 64.0 Å².